The summed E-state index contributed by atoms with van der Waals surface area (Å²) in [5.74, 6) is 1.00. The third kappa shape index (κ3) is 3.01. The van der Waals surface area contributed by atoms with Gasteiger partial charge < -0.3 is 0 Å². The number of thiazole rings is 1. The van der Waals surface area contributed by atoms with E-state index in [-0.39, 0.29) is 6.04 Å². The van der Waals surface area contributed by atoms with Gasteiger partial charge in [0.2, 0.25) is 0 Å². The molecule has 1 atom stereocenters. The summed E-state index contributed by atoms with van der Waals surface area (Å²) in [6, 6.07) is 0.284. The Balaban J connectivity index is 2.11. The van der Waals surface area contributed by atoms with Crippen molar-refractivity contribution in [2.24, 2.45) is 0 Å². The fourth-order valence-electron chi connectivity index (χ4n) is 2.18. The van der Waals surface area contributed by atoms with E-state index in [1.165, 1.54) is 10.6 Å². The molecule has 0 aliphatic rings. The average molecular weight is 279 g/mol. The number of hydrogen-bond acceptors (Lipinski definition) is 5. The number of rotatable bonds is 5. The molecule has 2 heterocycles. The second-order valence-corrected chi connectivity index (χ2v) is 6.16. The smallest absolute Gasteiger partial charge is 0.141 e. The van der Waals surface area contributed by atoms with E-state index in [0.717, 1.165) is 23.9 Å². The molecule has 0 radical (unpaired) electrons. The second kappa shape index (κ2) is 5.79. The van der Waals surface area contributed by atoms with Crippen molar-refractivity contribution in [1.29, 1.82) is 0 Å². The van der Waals surface area contributed by atoms with Crippen LogP contribution in [-0.4, -0.2) is 31.7 Å². The van der Waals surface area contributed by atoms with Crippen LogP contribution in [-0.2, 0) is 13.1 Å². The molecule has 2 aromatic rings. The number of hydrogen-bond donors (Lipinski definition) is 0. The van der Waals surface area contributed by atoms with Gasteiger partial charge in [-0.15, -0.1) is 11.3 Å². The van der Waals surface area contributed by atoms with Crippen molar-refractivity contribution in [1.82, 2.24) is 24.6 Å². The maximum absolute atomic E-state index is 4.64. The number of aromatic nitrogens is 4. The van der Waals surface area contributed by atoms with E-state index >= 15 is 0 Å². The summed E-state index contributed by atoms with van der Waals surface area (Å²) < 4.78 is 1.93. The second-order valence-electron chi connectivity index (χ2n) is 4.76. The third-order valence-corrected chi connectivity index (χ3v) is 4.28. The Bertz CT molecular complexity index is 545. The molecule has 0 saturated carbocycles. The first-order chi connectivity index (χ1) is 9.02. The lowest BCUT2D eigenvalue weighted by Crippen LogP contribution is -2.24. The van der Waals surface area contributed by atoms with Gasteiger partial charge in [-0.25, -0.2) is 14.6 Å². The summed E-state index contributed by atoms with van der Waals surface area (Å²) in [7, 11) is 2.10. The minimum atomic E-state index is 0.284. The molecule has 2 rings (SSSR count). The highest BCUT2D eigenvalue weighted by molar-refractivity contribution is 7.11. The highest BCUT2D eigenvalue weighted by atomic mass is 32.1. The summed E-state index contributed by atoms with van der Waals surface area (Å²) >= 11 is 1.76. The molecule has 0 aromatic carbocycles. The van der Waals surface area contributed by atoms with Crippen molar-refractivity contribution in [2.45, 2.75) is 46.8 Å². The van der Waals surface area contributed by atoms with Crippen molar-refractivity contribution in [3.8, 4) is 0 Å². The van der Waals surface area contributed by atoms with Crippen molar-refractivity contribution >= 4 is 11.3 Å². The summed E-state index contributed by atoms with van der Waals surface area (Å²) in [4.78, 5) is 12.5. The van der Waals surface area contributed by atoms with Crippen LogP contribution in [0.3, 0.4) is 0 Å². The van der Waals surface area contributed by atoms with Gasteiger partial charge in [0.25, 0.3) is 0 Å². The van der Waals surface area contributed by atoms with Crippen LogP contribution in [0.2, 0.25) is 0 Å². The van der Waals surface area contributed by atoms with Crippen LogP contribution in [0.15, 0.2) is 6.33 Å². The molecule has 0 unspecified atom stereocenters. The lowest BCUT2D eigenvalue weighted by Gasteiger charge is -2.23. The molecule has 19 heavy (non-hydrogen) atoms. The summed E-state index contributed by atoms with van der Waals surface area (Å²) in [6.45, 7) is 10.1. The first-order valence-corrected chi connectivity index (χ1v) is 7.35. The van der Waals surface area contributed by atoms with Gasteiger partial charge in [-0.3, -0.25) is 4.90 Å². The average Bonchev–Trinajstić information content (AvgIpc) is 2.94. The molecule has 2 aromatic heterocycles. The number of nitrogens with zero attached hydrogens (tertiary/aromatic N) is 5. The zero-order chi connectivity index (χ0) is 14.0. The molecular formula is C13H21N5S. The molecule has 0 saturated heterocycles. The topological polar surface area (TPSA) is 46.8 Å². The van der Waals surface area contributed by atoms with Gasteiger partial charge in [0.05, 0.1) is 23.3 Å². The van der Waals surface area contributed by atoms with Gasteiger partial charge in [0, 0.05) is 11.4 Å². The first kappa shape index (κ1) is 14.1. The Hall–Kier alpha value is -1.27. The molecule has 6 heteroatoms. The zero-order valence-electron chi connectivity index (χ0n) is 12.2. The van der Waals surface area contributed by atoms with Crippen LogP contribution in [0.5, 0.6) is 0 Å². The molecule has 104 valence electrons. The highest BCUT2D eigenvalue weighted by Gasteiger charge is 2.19. The molecule has 0 aliphatic carbocycles. The van der Waals surface area contributed by atoms with E-state index in [2.05, 4.69) is 54.7 Å². The minimum Gasteiger partial charge on any atom is -0.291 e. The normalized spacial score (nSPS) is 13.2. The predicted octanol–water partition coefficient (Wildman–Crippen LogP) is 2.56. The molecule has 0 amide bonds. The minimum absolute atomic E-state index is 0.284. The van der Waals surface area contributed by atoms with E-state index in [0.29, 0.717) is 0 Å². The maximum Gasteiger partial charge on any atom is 0.141 e. The molecule has 0 aliphatic heterocycles. The fourth-order valence-corrected chi connectivity index (χ4v) is 3.08. The van der Waals surface area contributed by atoms with Crippen LogP contribution < -0.4 is 0 Å². The third-order valence-electron chi connectivity index (χ3n) is 3.38. The fraction of sp³-hybridized carbons (Fsp3) is 0.615. The molecule has 0 spiro atoms. The van der Waals surface area contributed by atoms with Gasteiger partial charge >= 0.3 is 0 Å². The van der Waals surface area contributed by atoms with E-state index < -0.39 is 0 Å². The van der Waals surface area contributed by atoms with Gasteiger partial charge in [-0.1, -0.05) is 0 Å². The quantitative estimate of drug-likeness (QED) is 0.844. The first-order valence-electron chi connectivity index (χ1n) is 6.53. The zero-order valence-corrected chi connectivity index (χ0v) is 13.0. The summed E-state index contributed by atoms with van der Waals surface area (Å²) in [5.41, 5.74) is 1.17. The Kier molecular flexibility index (Phi) is 4.31. The van der Waals surface area contributed by atoms with Crippen molar-refractivity contribution in [2.75, 3.05) is 7.05 Å². The van der Waals surface area contributed by atoms with Crippen LogP contribution >= 0.6 is 11.3 Å². The Morgan fingerprint density at radius 1 is 1.42 bits per heavy atom. The SMILES string of the molecule is CCn1ncnc1CN(C)[C@@H](C)c1nc(C)sc1C. The van der Waals surface area contributed by atoms with Gasteiger partial charge in [0.15, 0.2) is 0 Å². The van der Waals surface area contributed by atoms with Crippen LogP contribution in [0.4, 0.5) is 0 Å². The van der Waals surface area contributed by atoms with Crippen LogP contribution in [0.25, 0.3) is 0 Å². The van der Waals surface area contributed by atoms with Crippen LogP contribution in [0, 0.1) is 13.8 Å². The maximum atomic E-state index is 4.64. The molecule has 5 nitrogen and oxygen atoms in total. The molecule has 0 fully saturated rings. The monoisotopic (exact) mass is 279 g/mol. The van der Waals surface area contributed by atoms with E-state index in [1.54, 1.807) is 17.7 Å². The van der Waals surface area contributed by atoms with E-state index in [1.807, 2.05) is 4.68 Å². The Morgan fingerprint density at radius 2 is 2.16 bits per heavy atom. The lowest BCUT2D eigenvalue weighted by atomic mass is 10.2. The van der Waals surface area contributed by atoms with Gasteiger partial charge in [0.1, 0.15) is 12.2 Å². The van der Waals surface area contributed by atoms with Crippen LogP contribution in [0.1, 0.15) is 41.3 Å². The predicted molar refractivity (Wildman–Crippen MR) is 77.2 cm³/mol. The van der Waals surface area contributed by atoms with Crippen molar-refractivity contribution in [3.05, 3.63) is 27.7 Å². The lowest BCUT2D eigenvalue weighted by molar-refractivity contribution is 0.238. The van der Waals surface area contributed by atoms with Gasteiger partial charge in [-0.05, 0) is 34.7 Å². The summed E-state index contributed by atoms with van der Waals surface area (Å²) in [6.07, 6.45) is 1.62. The molecule has 0 bridgehead atoms. The van der Waals surface area contributed by atoms with E-state index in [9.17, 15) is 0 Å². The number of aryl methyl sites for hydroxylation is 3. The van der Waals surface area contributed by atoms with Crippen molar-refractivity contribution in [3.63, 3.8) is 0 Å². The molecular weight excluding hydrogens is 258 g/mol. The summed E-state index contributed by atoms with van der Waals surface area (Å²) in [5, 5.41) is 5.34. The standard InChI is InChI=1S/C13H21N5S/c1-6-18-12(14-8-15-18)7-17(5)9(2)13-10(3)19-11(4)16-13/h8-9H,6-7H2,1-5H3/t9-/m0/s1. The highest BCUT2D eigenvalue weighted by Crippen LogP contribution is 2.26. The molecule has 0 N–H and O–H groups in total. The largest absolute Gasteiger partial charge is 0.291 e. The van der Waals surface area contributed by atoms with Gasteiger partial charge in [-0.2, -0.15) is 5.10 Å². The van der Waals surface area contributed by atoms with E-state index in [4.69, 9.17) is 0 Å². The Morgan fingerprint density at radius 3 is 2.74 bits per heavy atom. The van der Waals surface area contributed by atoms with Crippen molar-refractivity contribution < 1.29 is 0 Å². The Labute approximate surface area is 118 Å².